The van der Waals surface area contributed by atoms with Crippen LogP contribution in [0.4, 0.5) is 5.69 Å². The maximum absolute atomic E-state index is 6.30. The number of H-pyrrole nitrogens is 1. The summed E-state index contributed by atoms with van der Waals surface area (Å²) in [5.74, 6) is 0.467. The third-order valence-corrected chi connectivity index (χ3v) is 5.51. The molecule has 27 heavy (non-hydrogen) atoms. The van der Waals surface area contributed by atoms with Gasteiger partial charge in [-0.15, -0.1) is 10.2 Å². The third-order valence-electron chi connectivity index (χ3n) is 4.47. The Kier molecular flexibility index (Phi) is 4.02. The highest BCUT2D eigenvalue weighted by atomic mass is 79.9. The molecule has 2 aromatic carbocycles. The van der Waals surface area contributed by atoms with Crippen LogP contribution in [0.2, 0.25) is 0 Å². The SMILES string of the molecule is CSc1nnc2c(n1)O[C@H](c1c[nH]c3ccccc13)Nc1ccc(Br)cc1-2. The molecule has 0 spiro atoms. The molecule has 134 valence electrons. The summed E-state index contributed by atoms with van der Waals surface area (Å²) in [5, 5.41) is 13.7. The second kappa shape index (κ2) is 6.54. The number of nitrogens with one attached hydrogen (secondary N) is 2. The van der Waals surface area contributed by atoms with Crippen molar-refractivity contribution < 1.29 is 4.74 Å². The number of hydrogen-bond acceptors (Lipinski definition) is 6. The monoisotopic (exact) mass is 439 g/mol. The Morgan fingerprint density at radius 3 is 2.93 bits per heavy atom. The fraction of sp³-hybridized carbons (Fsp3) is 0.105. The van der Waals surface area contributed by atoms with Crippen molar-refractivity contribution in [2.24, 2.45) is 0 Å². The summed E-state index contributed by atoms with van der Waals surface area (Å²) < 4.78 is 7.25. The second-order valence-corrected chi connectivity index (χ2v) is 7.76. The number of nitrogens with zero attached hydrogens (tertiary/aromatic N) is 3. The minimum Gasteiger partial charge on any atom is -0.448 e. The van der Waals surface area contributed by atoms with Crippen LogP contribution in [0.5, 0.6) is 5.88 Å². The fourth-order valence-electron chi connectivity index (χ4n) is 3.21. The van der Waals surface area contributed by atoms with Crippen molar-refractivity contribution in [1.29, 1.82) is 0 Å². The zero-order valence-corrected chi connectivity index (χ0v) is 16.6. The van der Waals surface area contributed by atoms with Gasteiger partial charge in [-0.3, -0.25) is 0 Å². The standard InChI is InChI=1S/C19H14BrN5OS/c1-27-19-23-18-16(24-25-19)12-8-10(20)6-7-15(12)22-17(26-18)13-9-21-14-5-3-2-4-11(13)14/h2-9,17,21-22H,1H3/t17-/m1/s1. The number of halogens is 1. The van der Waals surface area contributed by atoms with Crippen molar-refractivity contribution in [2.45, 2.75) is 11.4 Å². The van der Waals surface area contributed by atoms with Gasteiger partial charge in [0.2, 0.25) is 11.0 Å². The molecule has 0 aliphatic carbocycles. The highest BCUT2D eigenvalue weighted by Gasteiger charge is 2.27. The smallest absolute Gasteiger partial charge is 0.247 e. The summed E-state index contributed by atoms with van der Waals surface area (Å²) >= 11 is 4.97. The van der Waals surface area contributed by atoms with E-state index in [4.69, 9.17) is 4.74 Å². The zero-order valence-electron chi connectivity index (χ0n) is 14.2. The van der Waals surface area contributed by atoms with Gasteiger partial charge in [-0.05, 0) is 30.5 Å². The summed E-state index contributed by atoms with van der Waals surface area (Å²) in [4.78, 5) is 7.87. The maximum atomic E-state index is 6.30. The zero-order chi connectivity index (χ0) is 18.4. The molecule has 0 unspecified atom stereocenters. The Morgan fingerprint density at radius 1 is 1.15 bits per heavy atom. The second-order valence-electron chi connectivity index (χ2n) is 6.07. The number of anilines is 1. The molecule has 6 nitrogen and oxygen atoms in total. The average Bonchev–Trinajstić information content (AvgIpc) is 3.06. The van der Waals surface area contributed by atoms with Gasteiger partial charge in [-0.25, -0.2) is 0 Å². The molecule has 5 rings (SSSR count). The van der Waals surface area contributed by atoms with Crippen LogP contribution in [0.3, 0.4) is 0 Å². The quantitative estimate of drug-likeness (QED) is 0.427. The summed E-state index contributed by atoms with van der Waals surface area (Å²) in [6, 6.07) is 14.1. The van der Waals surface area contributed by atoms with Gasteiger partial charge in [0.1, 0.15) is 0 Å². The Bertz CT molecular complexity index is 1160. The number of rotatable bonds is 2. The molecule has 0 amide bonds. The highest BCUT2D eigenvalue weighted by molar-refractivity contribution is 9.10. The molecule has 1 aliphatic rings. The highest BCUT2D eigenvalue weighted by Crippen LogP contribution is 2.41. The van der Waals surface area contributed by atoms with E-state index < -0.39 is 6.23 Å². The summed E-state index contributed by atoms with van der Waals surface area (Å²) in [6.45, 7) is 0. The number of aromatic amines is 1. The number of para-hydroxylation sites is 1. The molecular weight excluding hydrogens is 426 g/mol. The van der Waals surface area contributed by atoms with Gasteiger partial charge < -0.3 is 15.0 Å². The first-order chi connectivity index (χ1) is 13.2. The van der Waals surface area contributed by atoms with Crippen molar-refractivity contribution >= 4 is 44.3 Å². The van der Waals surface area contributed by atoms with E-state index in [1.807, 2.05) is 48.9 Å². The lowest BCUT2D eigenvalue weighted by Gasteiger charge is -2.18. The first-order valence-corrected chi connectivity index (χ1v) is 10.3. The van der Waals surface area contributed by atoms with Gasteiger partial charge in [0.15, 0.2) is 11.9 Å². The predicted octanol–water partition coefficient (Wildman–Crippen LogP) is 5.01. The van der Waals surface area contributed by atoms with Gasteiger partial charge in [0, 0.05) is 38.4 Å². The average molecular weight is 440 g/mol. The van der Waals surface area contributed by atoms with E-state index in [0.717, 1.165) is 32.2 Å². The molecule has 2 N–H and O–H groups in total. The van der Waals surface area contributed by atoms with E-state index in [1.165, 1.54) is 11.8 Å². The summed E-state index contributed by atoms with van der Waals surface area (Å²) in [5.41, 5.74) is 4.51. The Balaban J connectivity index is 1.70. The maximum Gasteiger partial charge on any atom is 0.247 e. The van der Waals surface area contributed by atoms with Crippen molar-refractivity contribution in [1.82, 2.24) is 20.2 Å². The van der Waals surface area contributed by atoms with Crippen LogP contribution in [-0.2, 0) is 0 Å². The number of thioether (sulfide) groups is 1. The molecular formula is C19H14BrN5OS. The molecule has 0 radical (unpaired) electrons. The first kappa shape index (κ1) is 16.6. The number of aromatic nitrogens is 4. The van der Waals surface area contributed by atoms with Crippen LogP contribution < -0.4 is 10.1 Å². The lowest BCUT2D eigenvalue weighted by molar-refractivity contribution is 0.226. The van der Waals surface area contributed by atoms with Crippen LogP contribution in [0, 0.1) is 0 Å². The number of benzene rings is 2. The van der Waals surface area contributed by atoms with Gasteiger partial charge in [0.05, 0.1) is 0 Å². The Morgan fingerprint density at radius 2 is 2.04 bits per heavy atom. The lowest BCUT2D eigenvalue weighted by atomic mass is 10.1. The number of ether oxygens (including phenoxy) is 1. The molecule has 0 fully saturated rings. The molecule has 0 bridgehead atoms. The minimum absolute atomic E-state index is 0.409. The van der Waals surface area contributed by atoms with Crippen LogP contribution in [0.25, 0.3) is 22.2 Å². The van der Waals surface area contributed by atoms with Crippen LogP contribution in [0.15, 0.2) is 58.3 Å². The fourth-order valence-corrected chi connectivity index (χ4v) is 3.87. The largest absolute Gasteiger partial charge is 0.448 e. The summed E-state index contributed by atoms with van der Waals surface area (Å²) in [7, 11) is 0. The van der Waals surface area contributed by atoms with E-state index in [1.54, 1.807) is 0 Å². The lowest BCUT2D eigenvalue weighted by Crippen LogP contribution is -2.16. The molecule has 0 saturated heterocycles. The molecule has 4 aromatic rings. The Hall–Kier alpha value is -2.58. The van der Waals surface area contributed by atoms with Gasteiger partial charge in [-0.1, -0.05) is 45.9 Å². The van der Waals surface area contributed by atoms with E-state index >= 15 is 0 Å². The number of fused-ring (bicyclic) bond motifs is 4. The van der Waals surface area contributed by atoms with E-state index in [-0.39, 0.29) is 0 Å². The molecule has 0 saturated carbocycles. The number of hydrogen-bond donors (Lipinski definition) is 2. The Labute approximate surface area is 167 Å². The van der Waals surface area contributed by atoms with E-state index in [9.17, 15) is 0 Å². The molecule has 2 aromatic heterocycles. The van der Waals surface area contributed by atoms with Gasteiger partial charge >= 0.3 is 0 Å². The third kappa shape index (κ3) is 2.85. The first-order valence-electron chi connectivity index (χ1n) is 8.31. The topological polar surface area (TPSA) is 75.7 Å². The van der Waals surface area contributed by atoms with Gasteiger partial charge in [0.25, 0.3) is 0 Å². The van der Waals surface area contributed by atoms with Crippen molar-refractivity contribution in [3.63, 3.8) is 0 Å². The predicted molar refractivity (Wildman–Crippen MR) is 110 cm³/mol. The van der Waals surface area contributed by atoms with Crippen LogP contribution in [0.1, 0.15) is 11.8 Å². The normalized spacial score (nSPS) is 15.4. The van der Waals surface area contributed by atoms with E-state index in [0.29, 0.717) is 16.7 Å². The van der Waals surface area contributed by atoms with E-state index in [2.05, 4.69) is 47.5 Å². The van der Waals surface area contributed by atoms with Crippen molar-refractivity contribution in [3.8, 4) is 17.1 Å². The van der Waals surface area contributed by atoms with Crippen LogP contribution >= 0.6 is 27.7 Å². The molecule has 3 heterocycles. The minimum atomic E-state index is -0.409. The van der Waals surface area contributed by atoms with Crippen LogP contribution in [-0.4, -0.2) is 26.4 Å². The van der Waals surface area contributed by atoms with Crippen molar-refractivity contribution in [3.05, 3.63) is 58.7 Å². The summed E-state index contributed by atoms with van der Waals surface area (Å²) in [6.07, 6.45) is 3.48. The molecule has 1 atom stereocenters. The molecule has 1 aliphatic heterocycles. The molecule has 8 heteroatoms. The van der Waals surface area contributed by atoms with Gasteiger partial charge in [-0.2, -0.15) is 4.98 Å². The van der Waals surface area contributed by atoms with Crippen molar-refractivity contribution in [2.75, 3.05) is 11.6 Å².